The van der Waals surface area contributed by atoms with Crippen molar-refractivity contribution in [3.8, 4) is 0 Å². The predicted octanol–water partition coefficient (Wildman–Crippen LogP) is 2.19. The molecule has 5 heteroatoms. The van der Waals surface area contributed by atoms with Crippen LogP contribution in [0.25, 0.3) is 0 Å². The van der Waals surface area contributed by atoms with Crippen molar-refractivity contribution >= 4 is 17.5 Å². The number of carbonyl (C=O) groups is 2. The molecule has 1 fully saturated rings. The number of nitrogens with zero attached hydrogens (tertiary/aromatic N) is 2. The molecular formula is C18H27N3O2. The van der Waals surface area contributed by atoms with Crippen molar-refractivity contribution in [1.82, 2.24) is 9.80 Å². The minimum Gasteiger partial charge on any atom is -0.335 e. The second kappa shape index (κ2) is 8.11. The maximum atomic E-state index is 12.2. The average molecular weight is 317 g/mol. The highest BCUT2D eigenvalue weighted by Gasteiger charge is 2.18. The second-order valence-corrected chi connectivity index (χ2v) is 6.45. The molecule has 1 saturated heterocycles. The van der Waals surface area contributed by atoms with Gasteiger partial charge in [0.25, 0.3) is 0 Å². The van der Waals surface area contributed by atoms with Gasteiger partial charge in [0.05, 0.1) is 13.1 Å². The molecule has 5 nitrogen and oxygen atoms in total. The van der Waals surface area contributed by atoms with Gasteiger partial charge in [-0.25, -0.2) is 0 Å². The molecule has 0 atom stereocenters. The molecule has 1 heterocycles. The van der Waals surface area contributed by atoms with Gasteiger partial charge < -0.3 is 10.2 Å². The summed E-state index contributed by atoms with van der Waals surface area (Å²) >= 11 is 0. The third-order valence-corrected chi connectivity index (χ3v) is 4.28. The summed E-state index contributed by atoms with van der Waals surface area (Å²) in [5, 5.41) is 2.89. The number of aryl methyl sites for hydroxylation is 2. The molecule has 23 heavy (non-hydrogen) atoms. The van der Waals surface area contributed by atoms with Gasteiger partial charge in [0.15, 0.2) is 0 Å². The molecule has 0 bridgehead atoms. The number of amides is 2. The Morgan fingerprint density at radius 3 is 2.57 bits per heavy atom. The highest BCUT2D eigenvalue weighted by atomic mass is 16.2. The number of rotatable bonds is 5. The summed E-state index contributed by atoms with van der Waals surface area (Å²) in [6.07, 6.45) is 3.56. The SMILES string of the molecule is Cc1ccc(C)c(NC(=O)CN(C)C(=O)CN2CCCCC2)c1. The van der Waals surface area contributed by atoms with E-state index < -0.39 is 0 Å². The average Bonchev–Trinajstić information content (AvgIpc) is 2.51. The Labute approximate surface area is 138 Å². The maximum absolute atomic E-state index is 12.2. The van der Waals surface area contributed by atoms with Crippen molar-refractivity contribution in [2.75, 3.05) is 38.5 Å². The van der Waals surface area contributed by atoms with E-state index in [0.717, 1.165) is 42.7 Å². The molecule has 126 valence electrons. The Bertz CT molecular complexity index is 565. The van der Waals surface area contributed by atoms with Gasteiger partial charge in [0.1, 0.15) is 0 Å². The van der Waals surface area contributed by atoms with Crippen molar-refractivity contribution in [2.24, 2.45) is 0 Å². The number of nitrogens with one attached hydrogen (secondary N) is 1. The van der Waals surface area contributed by atoms with Gasteiger partial charge in [0.2, 0.25) is 11.8 Å². The Balaban J connectivity index is 1.83. The van der Waals surface area contributed by atoms with Gasteiger partial charge in [0, 0.05) is 12.7 Å². The largest absolute Gasteiger partial charge is 0.335 e. The first-order chi connectivity index (χ1) is 11.0. The van der Waals surface area contributed by atoms with Crippen LogP contribution in [-0.4, -0.2) is 54.8 Å². The highest BCUT2D eigenvalue weighted by molar-refractivity contribution is 5.95. The summed E-state index contributed by atoms with van der Waals surface area (Å²) in [7, 11) is 1.69. The Morgan fingerprint density at radius 2 is 1.87 bits per heavy atom. The third-order valence-electron chi connectivity index (χ3n) is 4.28. The zero-order chi connectivity index (χ0) is 16.8. The summed E-state index contributed by atoms with van der Waals surface area (Å²) in [6.45, 7) is 6.40. The first-order valence-corrected chi connectivity index (χ1v) is 8.29. The summed E-state index contributed by atoms with van der Waals surface area (Å²) in [5.41, 5.74) is 2.93. The molecule has 0 saturated carbocycles. The van der Waals surface area contributed by atoms with E-state index in [1.165, 1.54) is 11.3 Å². The summed E-state index contributed by atoms with van der Waals surface area (Å²) < 4.78 is 0. The van der Waals surface area contributed by atoms with E-state index in [1.807, 2.05) is 32.0 Å². The number of carbonyl (C=O) groups excluding carboxylic acids is 2. The normalized spacial score (nSPS) is 15.3. The molecule has 0 aliphatic carbocycles. The van der Waals surface area contributed by atoms with Gasteiger partial charge in [-0.1, -0.05) is 18.6 Å². The number of hydrogen-bond donors (Lipinski definition) is 1. The molecule has 1 aromatic rings. The lowest BCUT2D eigenvalue weighted by atomic mass is 10.1. The first kappa shape index (κ1) is 17.5. The number of benzene rings is 1. The smallest absolute Gasteiger partial charge is 0.243 e. The van der Waals surface area contributed by atoms with E-state index in [2.05, 4.69) is 10.2 Å². The minimum atomic E-state index is -0.159. The molecule has 1 N–H and O–H groups in total. The second-order valence-electron chi connectivity index (χ2n) is 6.45. The first-order valence-electron chi connectivity index (χ1n) is 8.29. The van der Waals surface area contributed by atoms with Crippen LogP contribution in [0.5, 0.6) is 0 Å². The molecular weight excluding hydrogens is 290 g/mol. The topological polar surface area (TPSA) is 52.7 Å². The maximum Gasteiger partial charge on any atom is 0.243 e. The van der Waals surface area contributed by atoms with Crippen molar-refractivity contribution in [3.05, 3.63) is 29.3 Å². The standard InChI is InChI=1S/C18H27N3O2/c1-14-7-8-15(2)16(11-14)19-17(22)12-20(3)18(23)13-21-9-5-4-6-10-21/h7-8,11H,4-6,9-10,12-13H2,1-3H3,(H,19,22). The lowest BCUT2D eigenvalue weighted by molar-refractivity contribution is -0.134. The van der Waals surface area contributed by atoms with Crippen LogP contribution < -0.4 is 5.32 Å². The molecule has 1 aliphatic heterocycles. The number of piperidine rings is 1. The number of hydrogen-bond acceptors (Lipinski definition) is 3. The zero-order valence-electron chi connectivity index (χ0n) is 14.4. The number of anilines is 1. The number of likely N-dealkylation sites (N-methyl/N-ethyl adjacent to an activating group) is 1. The van der Waals surface area contributed by atoms with Crippen LogP contribution in [0.15, 0.2) is 18.2 Å². The highest BCUT2D eigenvalue weighted by Crippen LogP contribution is 2.16. The van der Waals surface area contributed by atoms with Gasteiger partial charge >= 0.3 is 0 Å². The fraction of sp³-hybridized carbons (Fsp3) is 0.556. The van der Waals surface area contributed by atoms with Crippen LogP contribution in [0.3, 0.4) is 0 Å². The predicted molar refractivity (Wildman–Crippen MR) is 92.5 cm³/mol. The van der Waals surface area contributed by atoms with Gasteiger partial charge in [-0.2, -0.15) is 0 Å². The Hall–Kier alpha value is -1.88. The van der Waals surface area contributed by atoms with Crippen LogP contribution in [0.1, 0.15) is 30.4 Å². The van der Waals surface area contributed by atoms with E-state index in [0.29, 0.717) is 6.54 Å². The molecule has 0 aromatic heterocycles. The van der Waals surface area contributed by atoms with Gasteiger partial charge in [-0.05, 0) is 57.0 Å². The monoisotopic (exact) mass is 317 g/mol. The molecule has 2 rings (SSSR count). The fourth-order valence-electron chi connectivity index (χ4n) is 2.79. The third kappa shape index (κ3) is 5.36. The molecule has 0 spiro atoms. The molecule has 0 unspecified atom stereocenters. The molecule has 2 amide bonds. The van der Waals surface area contributed by atoms with Crippen molar-refractivity contribution in [1.29, 1.82) is 0 Å². The Kier molecular flexibility index (Phi) is 6.16. The summed E-state index contributed by atoms with van der Waals surface area (Å²) in [4.78, 5) is 28.1. The van der Waals surface area contributed by atoms with E-state index in [4.69, 9.17) is 0 Å². The molecule has 0 radical (unpaired) electrons. The van der Waals surface area contributed by atoms with Crippen LogP contribution in [0, 0.1) is 13.8 Å². The summed E-state index contributed by atoms with van der Waals surface area (Å²) in [6, 6.07) is 5.94. The van der Waals surface area contributed by atoms with E-state index in [9.17, 15) is 9.59 Å². The van der Waals surface area contributed by atoms with E-state index >= 15 is 0 Å². The molecule has 1 aromatic carbocycles. The number of likely N-dealkylation sites (tertiary alicyclic amines) is 1. The fourth-order valence-corrected chi connectivity index (χ4v) is 2.79. The minimum absolute atomic E-state index is 0.00279. The zero-order valence-corrected chi connectivity index (χ0v) is 14.4. The van der Waals surface area contributed by atoms with Crippen LogP contribution in [0.2, 0.25) is 0 Å². The van der Waals surface area contributed by atoms with Crippen molar-refractivity contribution in [3.63, 3.8) is 0 Å². The summed E-state index contributed by atoms with van der Waals surface area (Å²) in [5.74, 6) is -0.156. The van der Waals surface area contributed by atoms with Gasteiger partial charge in [-0.15, -0.1) is 0 Å². The Morgan fingerprint density at radius 1 is 1.17 bits per heavy atom. The molecule has 1 aliphatic rings. The quantitative estimate of drug-likeness (QED) is 0.906. The van der Waals surface area contributed by atoms with Crippen LogP contribution in [-0.2, 0) is 9.59 Å². The van der Waals surface area contributed by atoms with E-state index in [1.54, 1.807) is 7.05 Å². The van der Waals surface area contributed by atoms with Crippen molar-refractivity contribution in [2.45, 2.75) is 33.1 Å². The lowest BCUT2D eigenvalue weighted by Gasteiger charge is -2.27. The van der Waals surface area contributed by atoms with Gasteiger partial charge in [-0.3, -0.25) is 14.5 Å². The van der Waals surface area contributed by atoms with E-state index in [-0.39, 0.29) is 18.4 Å². The lowest BCUT2D eigenvalue weighted by Crippen LogP contribution is -2.43. The van der Waals surface area contributed by atoms with Crippen molar-refractivity contribution < 1.29 is 9.59 Å². The van der Waals surface area contributed by atoms with Crippen LogP contribution in [0.4, 0.5) is 5.69 Å². The van der Waals surface area contributed by atoms with Crippen LogP contribution >= 0.6 is 0 Å².